The molecule has 0 saturated heterocycles. The minimum absolute atomic E-state index is 0.108. The third kappa shape index (κ3) is 3.00. The Hall–Kier alpha value is -0.890. The number of thiophene rings is 1. The number of hydrazine groups is 1. The first-order valence-electron chi connectivity index (χ1n) is 5.29. The molecule has 0 radical (unpaired) electrons. The van der Waals surface area contributed by atoms with E-state index < -0.39 is 17.8 Å². The van der Waals surface area contributed by atoms with Crippen LogP contribution >= 0.6 is 27.3 Å². The molecule has 0 bridgehead atoms. The fourth-order valence-corrected chi connectivity index (χ4v) is 3.40. The van der Waals surface area contributed by atoms with Crippen LogP contribution in [0.3, 0.4) is 0 Å². The molecule has 0 aliphatic heterocycles. The van der Waals surface area contributed by atoms with E-state index in [4.69, 9.17) is 5.84 Å². The van der Waals surface area contributed by atoms with Gasteiger partial charge in [-0.2, -0.15) is 24.5 Å². The van der Waals surface area contributed by atoms with Crippen molar-refractivity contribution in [3.05, 3.63) is 56.2 Å². The smallest absolute Gasteiger partial charge is 0.271 e. The fraction of sp³-hybridized carbons (Fsp3) is 0.167. The Kier molecular flexibility index (Phi) is 4.29. The van der Waals surface area contributed by atoms with Gasteiger partial charge in [-0.05, 0) is 38.5 Å². The van der Waals surface area contributed by atoms with Gasteiger partial charge in [0.2, 0.25) is 0 Å². The minimum Gasteiger partial charge on any atom is -0.271 e. The van der Waals surface area contributed by atoms with E-state index in [2.05, 4.69) is 21.4 Å². The molecule has 1 unspecified atom stereocenters. The van der Waals surface area contributed by atoms with Crippen LogP contribution in [0.25, 0.3) is 0 Å². The number of hydrogen-bond acceptors (Lipinski definition) is 3. The molecule has 0 fully saturated rings. The molecule has 102 valence electrons. The zero-order chi connectivity index (χ0) is 14.0. The third-order valence-corrected chi connectivity index (χ3v) is 4.45. The van der Waals surface area contributed by atoms with Gasteiger partial charge in [0.05, 0.1) is 11.6 Å². The van der Waals surface area contributed by atoms with Crippen molar-refractivity contribution < 1.29 is 13.2 Å². The van der Waals surface area contributed by atoms with Crippen molar-refractivity contribution in [2.45, 2.75) is 12.2 Å². The molecule has 0 spiro atoms. The van der Waals surface area contributed by atoms with Gasteiger partial charge in [-0.1, -0.05) is 18.2 Å². The molecule has 1 heterocycles. The van der Waals surface area contributed by atoms with E-state index in [0.29, 0.717) is 5.56 Å². The standard InChI is InChI=1S/C12H10BrF3N2S/c13-10-6-19-5-8(10)11(18-17)7-3-1-2-4-9(7)12(14,15)16/h1-6,11,18H,17H2. The topological polar surface area (TPSA) is 38.0 Å². The minimum atomic E-state index is -4.41. The highest BCUT2D eigenvalue weighted by atomic mass is 79.9. The normalized spacial score (nSPS) is 13.5. The van der Waals surface area contributed by atoms with Crippen molar-refractivity contribution >= 4 is 27.3 Å². The van der Waals surface area contributed by atoms with Crippen molar-refractivity contribution in [1.82, 2.24) is 5.43 Å². The van der Waals surface area contributed by atoms with Crippen molar-refractivity contribution in [2.24, 2.45) is 5.84 Å². The van der Waals surface area contributed by atoms with Gasteiger partial charge in [-0.15, -0.1) is 0 Å². The number of benzene rings is 1. The second-order valence-corrected chi connectivity index (χ2v) is 5.46. The SMILES string of the molecule is NNC(c1cscc1Br)c1ccccc1C(F)(F)F. The molecule has 0 aliphatic carbocycles. The molecule has 1 aromatic heterocycles. The molecule has 0 amide bonds. The Morgan fingerprint density at radius 3 is 2.37 bits per heavy atom. The average molecular weight is 351 g/mol. The predicted molar refractivity (Wildman–Crippen MR) is 72.6 cm³/mol. The van der Waals surface area contributed by atoms with Crippen LogP contribution < -0.4 is 11.3 Å². The first-order chi connectivity index (χ1) is 8.95. The summed E-state index contributed by atoms with van der Waals surface area (Å²) in [6.45, 7) is 0. The van der Waals surface area contributed by atoms with Crippen LogP contribution in [-0.2, 0) is 6.18 Å². The molecule has 1 aromatic carbocycles. The van der Waals surface area contributed by atoms with E-state index in [1.807, 2.05) is 0 Å². The number of nitrogens with one attached hydrogen (secondary N) is 1. The van der Waals surface area contributed by atoms with Gasteiger partial charge in [0.25, 0.3) is 0 Å². The number of nitrogens with two attached hydrogens (primary N) is 1. The molecular weight excluding hydrogens is 341 g/mol. The third-order valence-electron chi connectivity index (χ3n) is 2.70. The highest BCUT2D eigenvalue weighted by Gasteiger charge is 2.35. The summed E-state index contributed by atoms with van der Waals surface area (Å²) in [4.78, 5) is 0. The van der Waals surface area contributed by atoms with Crippen molar-refractivity contribution in [3.8, 4) is 0 Å². The van der Waals surface area contributed by atoms with Crippen LogP contribution in [0.2, 0.25) is 0 Å². The van der Waals surface area contributed by atoms with Crippen molar-refractivity contribution in [2.75, 3.05) is 0 Å². The molecule has 1 atom stereocenters. The molecule has 3 N–H and O–H groups in total. The maximum Gasteiger partial charge on any atom is 0.416 e. The maximum absolute atomic E-state index is 13.0. The fourth-order valence-electron chi connectivity index (χ4n) is 1.85. The van der Waals surface area contributed by atoms with Gasteiger partial charge in [0.1, 0.15) is 0 Å². The van der Waals surface area contributed by atoms with Gasteiger partial charge in [-0.25, -0.2) is 5.43 Å². The summed E-state index contributed by atoms with van der Waals surface area (Å²) < 4.78 is 39.8. The Bertz CT molecular complexity index is 568. The van der Waals surface area contributed by atoms with Crippen LogP contribution in [0.5, 0.6) is 0 Å². The highest BCUT2D eigenvalue weighted by molar-refractivity contribution is 9.10. The van der Waals surface area contributed by atoms with E-state index in [1.165, 1.54) is 23.5 Å². The monoisotopic (exact) mass is 350 g/mol. The molecule has 7 heteroatoms. The molecule has 0 aliphatic rings. The van der Waals surface area contributed by atoms with Crippen LogP contribution in [0.1, 0.15) is 22.7 Å². The lowest BCUT2D eigenvalue weighted by Crippen LogP contribution is -2.30. The van der Waals surface area contributed by atoms with Crippen molar-refractivity contribution in [1.29, 1.82) is 0 Å². The highest BCUT2D eigenvalue weighted by Crippen LogP contribution is 2.38. The van der Waals surface area contributed by atoms with Gasteiger partial charge in [0.15, 0.2) is 0 Å². The van der Waals surface area contributed by atoms with E-state index in [0.717, 1.165) is 10.5 Å². The van der Waals surface area contributed by atoms with Crippen LogP contribution in [0.15, 0.2) is 39.5 Å². The van der Waals surface area contributed by atoms with Crippen LogP contribution in [-0.4, -0.2) is 0 Å². The van der Waals surface area contributed by atoms with Gasteiger partial charge in [-0.3, -0.25) is 5.84 Å². The van der Waals surface area contributed by atoms with E-state index in [-0.39, 0.29) is 5.56 Å². The zero-order valence-electron chi connectivity index (χ0n) is 9.54. The number of alkyl halides is 3. The summed E-state index contributed by atoms with van der Waals surface area (Å²) in [7, 11) is 0. The molecule has 2 nitrogen and oxygen atoms in total. The largest absolute Gasteiger partial charge is 0.416 e. The van der Waals surface area contributed by atoms with Crippen LogP contribution in [0, 0.1) is 0 Å². The lowest BCUT2D eigenvalue weighted by Gasteiger charge is -2.21. The lowest BCUT2D eigenvalue weighted by atomic mass is 9.96. The molecule has 0 saturated carbocycles. The Balaban J connectivity index is 2.54. The summed E-state index contributed by atoms with van der Waals surface area (Å²) in [6, 6.07) is 4.70. The summed E-state index contributed by atoms with van der Waals surface area (Å²) in [5, 5.41) is 3.57. The number of hydrogen-bond donors (Lipinski definition) is 2. The second-order valence-electron chi connectivity index (χ2n) is 3.86. The van der Waals surface area contributed by atoms with Crippen molar-refractivity contribution in [3.63, 3.8) is 0 Å². The van der Waals surface area contributed by atoms with Crippen LogP contribution in [0.4, 0.5) is 13.2 Å². The molecule has 2 aromatic rings. The van der Waals surface area contributed by atoms with E-state index >= 15 is 0 Å². The quantitative estimate of drug-likeness (QED) is 0.646. The van der Waals surface area contributed by atoms with E-state index in [9.17, 15) is 13.2 Å². The first kappa shape index (κ1) is 14.5. The van der Waals surface area contributed by atoms with Gasteiger partial charge < -0.3 is 0 Å². The second kappa shape index (κ2) is 5.62. The predicted octanol–water partition coefficient (Wildman–Crippen LogP) is 4.08. The Morgan fingerprint density at radius 1 is 1.16 bits per heavy atom. The molecule has 19 heavy (non-hydrogen) atoms. The Labute approximate surface area is 120 Å². The summed E-state index contributed by atoms with van der Waals surface area (Å²) >= 11 is 4.71. The Morgan fingerprint density at radius 2 is 1.84 bits per heavy atom. The molecule has 2 rings (SSSR count). The number of halogens is 4. The van der Waals surface area contributed by atoms with Gasteiger partial charge >= 0.3 is 6.18 Å². The summed E-state index contributed by atoms with van der Waals surface area (Å²) in [5.41, 5.74) is 2.56. The first-order valence-corrected chi connectivity index (χ1v) is 7.02. The molecular formula is C12H10BrF3N2S. The summed E-state index contributed by atoms with van der Waals surface area (Å²) in [6.07, 6.45) is -4.41. The lowest BCUT2D eigenvalue weighted by molar-refractivity contribution is -0.138. The zero-order valence-corrected chi connectivity index (χ0v) is 11.9. The van der Waals surface area contributed by atoms with E-state index in [1.54, 1.807) is 16.8 Å². The summed E-state index contributed by atoms with van der Waals surface area (Å²) in [5.74, 6) is 5.44. The average Bonchev–Trinajstić information content (AvgIpc) is 2.76. The maximum atomic E-state index is 13.0. The van der Waals surface area contributed by atoms with Gasteiger partial charge in [0, 0.05) is 9.85 Å². The number of rotatable bonds is 3.